The lowest BCUT2D eigenvalue weighted by atomic mass is 10.2. The van der Waals surface area contributed by atoms with Crippen molar-refractivity contribution in [2.24, 2.45) is 0 Å². The number of rotatable bonds is 7. The van der Waals surface area contributed by atoms with Crippen LogP contribution in [0.2, 0.25) is 5.15 Å². The molecule has 1 N–H and O–H groups in total. The molecule has 1 amide bonds. The Kier molecular flexibility index (Phi) is 6.90. The number of para-hydroxylation sites is 1. The zero-order valence-corrected chi connectivity index (χ0v) is 17.7. The van der Waals surface area contributed by atoms with Crippen molar-refractivity contribution in [3.8, 4) is 5.75 Å². The molecule has 1 atom stereocenters. The molecular formula is C22H21ClF3N3O2. The normalized spacial score (nSPS) is 12.5. The average Bonchev–Trinajstić information content (AvgIpc) is 2.99. The lowest BCUT2D eigenvalue weighted by Gasteiger charge is -2.18. The molecule has 0 spiro atoms. The van der Waals surface area contributed by atoms with Gasteiger partial charge in [0, 0.05) is 0 Å². The average molecular weight is 452 g/mol. The number of carbonyl (C=O) groups excluding carboxylic acids is 1. The Balaban J connectivity index is 1.66. The van der Waals surface area contributed by atoms with E-state index in [-0.39, 0.29) is 23.1 Å². The molecule has 1 aromatic heterocycles. The molecule has 164 valence electrons. The third-order valence-electron chi connectivity index (χ3n) is 4.53. The van der Waals surface area contributed by atoms with Crippen LogP contribution in [0.1, 0.15) is 34.1 Å². The molecule has 0 aliphatic carbocycles. The van der Waals surface area contributed by atoms with Crippen LogP contribution in [0.15, 0.2) is 54.6 Å². The number of carbonyl (C=O) groups is 1. The molecule has 31 heavy (non-hydrogen) atoms. The Hall–Kier alpha value is -3.00. The van der Waals surface area contributed by atoms with Crippen LogP contribution < -0.4 is 10.1 Å². The van der Waals surface area contributed by atoms with E-state index in [4.69, 9.17) is 16.3 Å². The number of aromatic nitrogens is 2. The first-order chi connectivity index (χ1) is 14.7. The van der Waals surface area contributed by atoms with Crippen LogP contribution >= 0.6 is 11.6 Å². The summed E-state index contributed by atoms with van der Waals surface area (Å²) in [5, 5.41) is 7.22. The van der Waals surface area contributed by atoms with Crippen LogP contribution in [-0.4, -0.2) is 28.3 Å². The zero-order valence-electron chi connectivity index (χ0n) is 16.9. The first kappa shape index (κ1) is 22.7. The van der Waals surface area contributed by atoms with Gasteiger partial charge in [-0.25, -0.2) is 4.68 Å². The number of ether oxygens (including phenoxy) is 1. The fourth-order valence-electron chi connectivity index (χ4n) is 3.05. The summed E-state index contributed by atoms with van der Waals surface area (Å²) in [6.07, 6.45) is -4.53. The first-order valence-corrected chi connectivity index (χ1v) is 9.91. The molecule has 0 fully saturated rings. The van der Waals surface area contributed by atoms with E-state index in [2.05, 4.69) is 10.4 Å². The predicted molar refractivity (Wildman–Crippen MR) is 111 cm³/mol. The summed E-state index contributed by atoms with van der Waals surface area (Å²) in [5.74, 6) is -0.761. The molecule has 0 aliphatic rings. The number of aryl methyl sites for hydroxylation is 1. The number of hydrogen-bond donors (Lipinski definition) is 1. The van der Waals surface area contributed by atoms with Gasteiger partial charge < -0.3 is 10.1 Å². The fraction of sp³-hybridized carbons (Fsp3) is 0.273. The van der Waals surface area contributed by atoms with E-state index in [9.17, 15) is 18.0 Å². The molecule has 0 bridgehead atoms. The number of amides is 1. The molecule has 1 heterocycles. The van der Waals surface area contributed by atoms with Crippen molar-refractivity contribution in [3.05, 3.63) is 82.1 Å². The summed E-state index contributed by atoms with van der Waals surface area (Å²) >= 11 is 6.39. The minimum Gasteiger partial charge on any atom is -0.491 e. The largest absolute Gasteiger partial charge is 0.491 e. The third-order valence-corrected chi connectivity index (χ3v) is 4.91. The summed E-state index contributed by atoms with van der Waals surface area (Å²) < 4.78 is 46.1. The van der Waals surface area contributed by atoms with Gasteiger partial charge in [-0.3, -0.25) is 4.79 Å². The molecule has 0 aliphatic heterocycles. The van der Waals surface area contributed by atoms with Gasteiger partial charge in [0.2, 0.25) is 0 Å². The van der Waals surface area contributed by atoms with E-state index < -0.39 is 23.7 Å². The maximum Gasteiger partial charge on any atom is 0.419 e. The highest BCUT2D eigenvalue weighted by molar-refractivity contribution is 6.33. The summed E-state index contributed by atoms with van der Waals surface area (Å²) in [7, 11) is 0. The van der Waals surface area contributed by atoms with Crippen LogP contribution in [0, 0.1) is 6.92 Å². The van der Waals surface area contributed by atoms with Crippen molar-refractivity contribution in [3.63, 3.8) is 0 Å². The topological polar surface area (TPSA) is 56.2 Å². The van der Waals surface area contributed by atoms with Crippen molar-refractivity contribution in [1.82, 2.24) is 15.1 Å². The minimum atomic E-state index is -4.53. The van der Waals surface area contributed by atoms with Crippen molar-refractivity contribution in [2.75, 3.05) is 6.61 Å². The minimum absolute atomic E-state index is 0.145. The second kappa shape index (κ2) is 9.43. The van der Waals surface area contributed by atoms with Gasteiger partial charge in [0.15, 0.2) is 0 Å². The Morgan fingerprint density at radius 3 is 2.48 bits per heavy atom. The molecule has 0 saturated carbocycles. The van der Waals surface area contributed by atoms with E-state index in [0.717, 1.165) is 11.6 Å². The molecule has 0 radical (unpaired) electrons. The fourth-order valence-corrected chi connectivity index (χ4v) is 3.37. The maximum absolute atomic E-state index is 13.1. The van der Waals surface area contributed by atoms with Gasteiger partial charge >= 0.3 is 6.18 Å². The number of alkyl halides is 3. The molecule has 3 rings (SSSR count). The van der Waals surface area contributed by atoms with Crippen LogP contribution in [0.3, 0.4) is 0 Å². The van der Waals surface area contributed by atoms with Gasteiger partial charge in [0.25, 0.3) is 5.91 Å². The third kappa shape index (κ3) is 5.58. The van der Waals surface area contributed by atoms with Gasteiger partial charge in [-0.05, 0) is 31.5 Å². The number of nitrogens with zero attached hydrogens (tertiary/aromatic N) is 2. The Morgan fingerprint density at radius 1 is 1.16 bits per heavy atom. The maximum atomic E-state index is 13.1. The van der Waals surface area contributed by atoms with Crippen molar-refractivity contribution < 1.29 is 22.7 Å². The monoisotopic (exact) mass is 451 g/mol. The molecule has 3 aromatic rings. The molecule has 9 heteroatoms. The molecular weight excluding hydrogens is 431 g/mol. The van der Waals surface area contributed by atoms with Gasteiger partial charge in [-0.2, -0.15) is 18.3 Å². The molecule has 5 nitrogen and oxygen atoms in total. The number of nitrogens with one attached hydrogen (secondary N) is 1. The summed E-state index contributed by atoms with van der Waals surface area (Å²) in [6, 6.07) is 13.9. The van der Waals surface area contributed by atoms with E-state index in [1.807, 2.05) is 30.3 Å². The van der Waals surface area contributed by atoms with Gasteiger partial charge in [0.1, 0.15) is 17.5 Å². The summed E-state index contributed by atoms with van der Waals surface area (Å²) in [4.78, 5) is 12.7. The summed E-state index contributed by atoms with van der Waals surface area (Å²) in [6.45, 7) is 3.56. The lowest BCUT2D eigenvalue weighted by Crippen LogP contribution is -2.37. The van der Waals surface area contributed by atoms with Crippen molar-refractivity contribution >= 4 is 17.5 Å². The Labute approximate surface area is 182 Å². The van der Waals surface area contributed by atoms with Crippen LogP contribution in [0.25, 0.3) is 0 Å². The van der Waals surface area contributed by atoms with E-state index in [1.54, 1.807) is 13.8 Å². The van der Waals surface area contributed by atoms with E-state index in [0.29, 0.717) is 12.2 Å². The number of halogens is 4. The van der Waals surface area contributed by atoms with E-state index >= 15 is 0 Å². The van der Waals surface area contributed by atoms with Gasteiger partial charge in [-0.1, -0.05) is 54.1 Å². The highest BCUT2D eigenvalue weighted by Gasteiger charge is 2.34. The Bertz CT molecular complexity index is 1050. The molecule has 2 aromatic carbocycles. The second-order valence-corrected chi connectivity index (χ2v) is 7.43. The van der Waals surface area contributed by atoms with Crippen molar-refractivity contribution in [1.29, 1.82) is 0 Å². The van der Waals surface area contributed by atoms with Gasteiger partial charge in [0.05, 0.1) is 29.4 Å². The van der Waals surface area contributed by atoms with Crippen LogP contribution in [-0.2, 0) is 12.7 Å². The van der Waals surface area contributed by atoms with Crippen molar-refractivity contribution in [2.45, 2.75) is 32.6 Å². The second-order valence-electron chi connectivity index (χ2n) is 7.07. The highest BCUT2D eigenvalue weighted by atomic mass is 35.5. The first-order valence-electron chi connectivity index (χ1n) is 9.53. The Morgan fingerprint density at radius 2 is 1.81 bits per heavy atom. The zero-order chi connectivity index (χ0) is 22.6. The van der Waals surface area contributed by atoms with E-state index in [1.165, 1.54) is 22.9 Å². The SMILES string of the molecule is Cc1nn(Cc2ccccc2)c(Cl)c1C(=O)N[C@@H](C)COc1ccccc1C(F)(F)F. The number of hydrogen-bond acceptors (Lipinski definition) is 3. The standard InChI is InChI=1S/C22H21ClF3N3O2/c1-14(13-31-18-11-7-6-10-17(18)22(24,25)26)27-21(30)19-15(2)28-29(20(19)23)12-16-8-4-3-5-9-16/h3-11,14H,12-13H2,1-2H3,(H,27,30)/t14-/m0/s1. The van der Waals surface area contributed by atoms with Crippen LogP contribution in [0.4, 0.5) is 13.2 Å². The highest BCUT2D eigenvalue weighted by Crippen LogP contribution is 2.35. The lowest BCUT2D eigenvalue weighted by molar-refractivity contribution is -0.139. The quantitative estimate of drug-likeness (QED) is 0.543. The summed E-state index contributed by atoms with van der Waals surface area (Å²) in [5.41, 5.74) is 0.785. The number of benzene rings is 2. The smallest absolute Gasteiger partial charge is 0.419 e. The molecule has 0 unspecified atom stereocenters. The van der Waals surface area contributed by atoms with Crippen LogP contribution in [0.5, 0.6) is 5.75 Å². The molecule has 0 saturated heterocycles. The van der Waals surface area contributed by atoms with Gasteiger partial charge in [-0.15, -0.1) is 0 Å². The predicted octanol–water partition coefficient (Wildman–Crippen LogP) is 5.11.